The van der Waals surface area contributed by atoms with Crippen LogP contribution in [0.15, 0.2) is 59.8 Å². The van der Waals surface area contributed by atoms with Crippen LogP contribution in [0.2, 0.25) is 0 Å². The molecule has 11 heteroatoms. The third-order valence-electron chi connectivity index (χ3n) is 4.57. The van der Waals surface area contributed by atoms with E-state index in [0.717, 1.165) is 42.5 Å². The lowest BCUT2D eigenvalue weighted by Crippen LogP contribution is -2.46. The monoisotopic (exact) mass is 443 g/mol. The lowest BCUT2D eigenvalue weighted by molar-refractivity contribution is -0.138. The first-order chi connectivity index (χ1) is 14.4. The van der Waals surface area contributed by atoms with Gasteiger partial charge in [-0.2, -0.15) is 26.3 Å². The molecule has 3 amide bonds. The Balaban J connectivity index is 1.97. The molecule has 5 nitrogen and oxygen atoms in total. The Bertz CT molecular complexity index is 1040. The van der Waals surface area contributed by atoms with Gasteiger partial charge >= 0.3 is 18.4 Å². The number of urea groups is 1. The predicted molar refractivity (Wildman–Crippen MR) is 98.6 cm³/mol. The topological polar surface area (TPSA) is 70.2 Å². The highest BCUT2D eigenvalue weighted by Crippen LogP contribution is 2.36. The Kier molecular flexibility index (Phi) is 5.70. The molecule has 3 rings (SSSR count). The fourth-order valence-corrected chi connectivity index (χ4v) is 3.14. The summed E-state index contributed by atoms with van der Waals surface area (Å²) < 4.78 is 78.1. The van der Waals surface area contributed by atoms with Gasteiger partial charge < -0.3 is 16.0 Å². The van der Waals surface area contributed by atoms with E-state index in [0.29, 0.717) is 0 Å². The Morgan fingerprint density at radius 1 is 0.935 bits per heavy atom. The molecule has 0 spiro atoms. The van der Waals surface area contributed by atoms with Crippen molar-refractivity contribution < 1.29 is 35.9 Å². The number of halogens is 6. The summed E-state index contributed by atoms with van der Waals surface area (Å²) in [6.45, 7) is 1.36. The number of carbonyl (C=O) groups is 2. The molecule has 2 aromatic carbocycles. The highest BCUT2D eigenvalue weighted by Gasteiger charge is 2.36. The van der Waals surface area contributed by atoms with E-state index in [-0.39, 0.29) is 16.8 Å². The molecule has 1 atom stereocenters. The Hall–Kier alpha value is -3.50. The first kappa shape index (κ1) is 22.2. The summed E-state index contributed by atoms with van der Waals surface area (Å²) >= 11 is 0. The van der Waals surface area contributed by atoms with Crippen LogP contribution < -0.4 is 16.0 Å². The number of anilines is 1. The number of para-hydroxylation sites is 1. The van der Waals surface area contributed by atoms with Crippen LogP contribution in [0.3, 0.4) is 0 Å². The summed E-state index contributed by atoms with van der Waals surface area (Å²) in [5, 5.41) is 6.93. The molecule has 0 bridgehead atoms. The number of benzene rings is 2. The van der Waals surface area contributed by atoms with Crippen molar-refractivity contribution in [2.75, 3.05) is 5.32 Å². The van der Waals surface area contributed by atoms with Crippen molar-refractivity contribution in [3.05, 3.63) is 76.5 Å². The van der Waals surface area contributed by atoms with Crippen molar-refractivity contribution in [3.8, 4) is 0 Å². The van der Waals surface area contributed by atoms with Crippen molar-refractivity contribution in [2.24, 2.45) is 0 Å². The molecule has 1 heterocycles. The van der Waals surface area contributed by atoms with Gasteiger partial charge in [0.05, 0.1) is 28.4 Å². The quantitative estimate of drug-likeness (QED) is 0.585. The average Bonchev–Trinajstić information content (AvgIpc) is 2.66. The minimum absolute atomic E-state index is 0.0515. The molecule has 164 valence electrons. The van der Waals surface area contributed by atoms with Gasteiger partial charge in [0.2, 0.25) is 0 Å². The summed E-state index contributed by atoms with van der Waals surface area (Å²) in [5.74, 6) is -0.952. The van der Waals surface area contributed by atoms with E-state index in [1.54, 1.807) is 0 Å². The van der Waals surface area contributed by atoms with Crippen LogP contribution in [0, 0.1) is 0 Å². The number of alkyl halides is 6. The largest absolute Gasteiger partial charge is 0.418 e. The lowest BCUT2D eigenvalue weighted by atomic mass is 9.94. The Morgan fingerprint density at radius 3 is 2.13 bits per heavy atom. The fraction of sp³-hybridized carbons (Fsp3) is 0.200. The third-order valence-corrected chi connectivity index (χ3v) is 4.57. The number of amides is 3. The highest BCUT2D eigenvalue weighted by molar-refractivity contribution is 6.07. The van der Waals surface area contributed by atoms with Gasteiger partial charge in [-0.1, -0.05) is 24.3 Å². The van der Waals surface area contributed by atoms with E-state index >= 15 is 0 Å². The Labute approximate surface area is 172 Å². The molecule has 1 aliphatic rings. The van der Waals surface area contributed by atoms with Crippen molar-refractivity contribution in [2.45, 2.75) is 25.3 Å². The van der Waals surface area contributed by atoms with E-state index < -0.39 is 47.1 Å². The minimum atomic E-state index is -4.72. The summed E-state index contributed by atoms with van der Waals surface area (Å²) in [7, 11) is 0. The first-order valence-corrected chi connectivity index (χ1v) is 8.81. The van der Waals surface area contributed by atoms with Gasteiger partial charge in [-0.25, -0.2) is 4.79 Å². The number of nitrogens with one attached hydrogen (secondary N) is 3. The molecule has 0 saturated carbocycles. The van der Waals surface area contributed by atoms with E-state index in [4.69, 9.17) is 0 Å². The SMILES string of the molecule is CC1=C(C(=O)Nc2ccccc2C(F)(F)F)[C@H](c2ccc(C(F)(F)F)cc2)NC(=O)N1. The molecule has 2 aromatic rings. The maximum absolute atomic E-state index is 13.2. The van der Waals surface area contributed by atoms with E-state index in [2.05, 4.69) is 16.0 Å². The summed E-state index contributed by atoms with van der Waals surface area (Å²) in [6.07, 6.45) is -9.30. The zero-order valence-corrected chi connectivity index (χ0v) is 15.8. The standard InChI is InChI=1S/C20H15F6N3O2/c1-10-15(17(30)28-14-5-3-2-4-13(14)20(24,25)26)16(29-18(31)27-10)11-6-8-12(9-7-11)19(21,22)23/h2-9,16H,1H3,(H,28,30)(H2,27,29,31)/t16-/m0/s1. The third kappa shape index (κ3) is 4.81. The fourth-order valence-electron chi connectivity index (χ4n) is 3.14. The van der Waals surface area contributed by atoms with Crippen LogP contribution in [0.25, 0.3) is 0 Å². The molecule has 1 aliphatic heterocycles. The molecular formula is C20H15F6N3O2. The number of allylic oxidation sites excluding steroid dienone is 1. The normalized spacial score (nSPS) is 17.1. The van der Waals surface area contributed by atoms with Crippen molar-refractivity contribution in [3.63, 3.8) is 0 Å². The molecule has 3 N–H and O–H groups in total. The van der Waals surface area contributed by atoms with Crippen LogP contribution in [0.5, 0.6) is 0 Å². The molecule has 0 radical (unpaired) electrons. The number of hydrogen-bond donors (Lipinski definition) is 3. The van der Waals surface area contributed by atoms with E-state index in [1.165, 1.54) is 13.0 Å². The zero-order valence-electron chi connectivity index (χ0n) is 15.8. The molecule has 31 heavy (non-hydrogen) atoms. The van der Waals surface area contributed by atoms with Gasteiger partial charge in [-0.15, -0.1) is 0 Å². The van der Waals surface area contributed by atoms with Crippen molar-refractivity contribution in [1.29, 1.82) is 0 Å². The summed E-state index contributed by atoms with van der Waals surface area (Å²) in [5.41, 5.74) is -2.44. The zero-order chi connectivity index (χ0) is 23.0. The number of hydrogen-bond acceptors (Lipinski definition) is 2. The highest BCUT2D eigenvalue weighted by atomic mass is 19.4. The second-order valence-electron chi connectivity index (χ2n) is 6.69. The molecule has 0 fully saturated rings. The van der Waals surface area contributed by atoms with Crippen LogP contribution in [-0.2, 0) is 17.1 Å². The van der Waals surface area contributed by atoms with Gasteiger partial charge in [0.15, 0.2) is 0 Å². The molecule has 0 unspecified atom stereocenters. The van der Waals surface area contributed by atoms with E-state index in [1.807, 2.05) is 0 Å². The molecular weight excluding hydrogens is 428 g/mol. The van der Waals surface area contributed by atoms with Crippen molar-refractivity contribution in [1.82, 2.24) is 10.6 Å². The molecule has 0 aliphatic carbocycles. The number of rotatable bonds is 3. The number of carbonyl (C=O) groups excluding carboxylic acids is 2. The predicted octanol–water partition coefficient (Wildman–Crippen LogP) is 4.99. The van der Waals surface area contributed by atoms with Gasteiger partial charge in [0.25, 0.3) is 5.91 Å². The average molecular weight is 443 g/mol. The first-order valence-electron chi connectivity index (χ1n) is 8.81. The van der Waals surface area contributed by atoms with Gasteiger partial charge in [-0.05, 0) is 36.8 Å². The second kappa shape index (κ2) is 7.97. The molecule has 0 aromatic heterocycles. The van der Waals surface area contributed by atoms with Crippen molar-refractivity contribution >= 4 is 17.6 Å². The molecule has 0 saturated heterocycles. The second-order valence-corrected chi connectivity index (χ2v) is 6.69. The van der Waals surface area contributed by atoms with Gasteiger partial charge in [-0.3, -0.25) is 4.79 Å². The van der Waals surface area contributed by atoms with E-state index in [9.17, 15) is 35.9 Å². The van der Waals surface area contributed by atoms with Gasteiger partial charge in [0.1, 0.15) is 0 Å². The summed E-state index contributed by atoms with van der Waals surface area (Å²) in [6, 6.07) is 6.19. The smallest absolute Gasteiger partial charge is 0.327 e. The van der Waals surface area contributed by atoms with Crippen LogP contribution in [-0.4, -0.2) is 11.9 Å². The maximum atomic E-state index is 13.2. The van der Waals surface area contributed by atoms with Crippen LogP contribution in [0.1, 0.15) is 29.7 Å². The minimum Gasteiger partial charge on any atom is -0.327 e. The van der Waals surface area contributed by atoms with Crippen LogP contribution in [0.4, 0.5) is 36.8 Å². The Morgan fingerprint density at radius 2 is 1.55 bits per heavy atom. The lowest BCUT2D eigenvalue weighted by Gasteiger charge is -2.29. The maximum Gasteiger partial charge on any atom is 0.418 e. The summed E-state index contributed by atoms with van der Waals surface area (Å²) in [4.78, 5) is 24.7. The van der Waals surface area contributed by atoms with Crippen LogP contribution >= 0.6 is 0 Å². The van der Waals surface area contributed by atoms with Gasteiger partial charge in [0, 0.05) is 5.70 Å².